The van der Waals surface area contributed by atoms with E-state index in [1.54, 1.807) is 21.0 Å². The molecule has 0 aliphatic rings. The normalized spacial score (nSPS) is 11.4. The molecule has 0 heterocycles. The topological polar surface area (TPSA) is 75.7 Å². The molecule has 1 N–H and O–H groups in total. The molecule has 140 valence electrons. The van der Waals surface area contributed by atoms with E-state index in [0.29, 0.717) is 25.2 Å². The lowest BCUT2D eigenvalue weighted by atomic mass is 10.2. The van der Waals surface area contributed by atoms with Gasteiger partial charge in [-0.2, -0.15) is 4.31 Å². The summed E-state index contributed by atoms with van der Waals surface area (Å²) in [6.45, 7) is 4.75. The van der Waals surface area contributed by atoms with Crippen molar-refractivity contribution < 1.29 is 17.9 Å². The summed E-state index contributed by atoms with van der Waals surface area (Å²) in [5, 5.41) is 2.82. The van der Waals surface area contributed by atoms with Gasteiger partial charge >= 0.3 is 0 Å². The number of carbonyl (C=O) groups is 1. The number of hydrogen-bond acceptors (Lipinski definition) is 4. The summed E-state index contributed by atoms with van der Waals surface area (Å²) < 4.78 is 31.5. The molecule has 0 aliphatic heterocycles. The average Bonchev–Trinajstić information content (AvgIpc) is 2.67. The third-order valence-electron chi connectivity index (χ3n) is 4.05. The van der Waals surface area contributed by atoms with Crippen LogP contribution in [0.15, 0.2) is 53.4 Å². The number of rotatable bonds is 8. The van der Waals surface area contributed by atoms with E-state index >= 15 is 0 Å². The maximum Gasteiger partial charge on any atom is 0.251 e. The first-order valence-electron chi connectivity index (χ1n) is 8.43. The van der Waals surface area contributed by atoms with Crippen molar-refractivity contribution in [2.75, 3.05) is 20.2 Å². The van der Waals surface area contributed by atoms with Gasteiger partial charge in [0, 0.05) is 25.2 Å². The van der Waals surface area contributed by atoms with E-state index in [0.717, 1.165) is 11.3 Å². The predicted octanol–water partition coefficient (Wildman–Crippen LogP) is 2.66. The van der Waals surface area contributed by atoms with Gasteiger partial charge in [-0.05, 0) is 42.0 Å². The quantitative estimate of drug-likeness (QED) is 0.768. The van der Waals surface area contributed by atoms with Crippen LogP contribution in [0, 0.1) is 0 Å². The van der Waals surface area contributed by atoms with Gasteiger partial charge < -0.3 is 10.1 Å². The fourth-order valence-electron chi connectivity index (χ4n) is 2.56. The zero-order valence-corrected chi connectivity index (χ0v) is 16.0. The predicted molar refractivity (Wildman–Crippen MR) is 101 cm³/mol. The van der Waals surface area contributed by atoms with Gasteiger partial charge in [-0.25, -0.2) is 8.42 Å². The summed E-state index contributed by atoms with van der Waals surface area (Å²) in [4.78, 5) is 12.5. The lowest BCUT2D eigenvalue weighted by Gasteiger charge is -2.18. The number of hydrogen-bond donors (Lipinski definition) is 1. The van der Waals surface area contributed by atoms with Crippen LogP contribution in [0.4, 0.5) is 0 Å². The second kappa shape index (κ2) is 8.82. The molecule has 0 bridgehead atoms. The molecular weight excluding hydrogens is 352 g/mol. The monoisotopic (exact) mass is 376 g/mol. The molecule has 0 atom stereocenters. The Balaban J connectivity index is 2.06. The van der Waals surface area contributed by atoms with E-state index in [-0.39, 0.29) is 10.8 Å². The number of carbonyl (C=O) groups excluding carboxylic acids is 1. The van der Waals surface area contributed by atoms with Crippen molar-refractivity contribution in [3.8, 4) is 5.75 Å². The second-order valence-electron chi connectivity index (χ2n) is 5.65. The summed E-state index contributed by atoms with van der Waals surface area (Å²) in [5.74, 6) is 0.460. The van der Waals surface area contributed by atoms with E-state index in [4.69, 9.17) is 4.74 Å². The highest BCUT2D eigenvalue weighted by atomic mass is 32.2. The minimum absolute atomic E-state index is 0.186. The van der Waals surface area contributed by atoms with E-state index in [1.807, 2.05) is 24.3 Å². The van der Waals surface area contributed by atoms with Crippen molar-refractivity contribution in [1.29, 1.82) is 0 Å². The van der Waals surface area contributed by atoms with Crippen LogP contribution in [0.1, 0.15) is 29.8 Å². The standard InChI is InChI=1S/C19H24N2O4S/c1-4-21(5-2)26(23,24)18-11-9-16(10-12-18)19(22)20-14-15-7-6-8-17(13-15)25-3/h6-13H,4-5,14H2,1-3H3,(H,20,22). The highest BCUT2D eigenvalue weighted by Gasteiger charge is 2.21. The number of benzene rings is 2. The zero-order valence-electron chi connectivity index (χ0n) is 15.2. The lowest BCUT2D eigenvalue weighted by molar-refractivity contribution is 0.0950. The highest BCUT2D eigenvalue weighted by molar-refractivity contribution is 7.89. The highest BCUT2D eigenvalue weighted by Crippen LogP contribution is 2.16. The van der Waals surface area contributed by atoms with Crippen LogP contribution in [-0.2, 0) is 16.6 Å². The van der Waals surface area contributed by atoms with Crippen LogP contribution in [-0.4, -0.2) is 38.8 Å². The number of methoxy groups -OCH3 is 1. The first kappa shape index (κ1) is 19.9. The summed E-state index contributed by atoms with van der Waals surface area (Å²) >= 11 is 0. The van der Waals surface area contributed by atoms with Crippen molar-refractivity contribution >= 4 is 15.9 Å². The minimum atomic E-state index is -3.52. The summed E-state index contributed by atoms with van der Waals surface area (Å²) in [6.07, 6.45) is 0. The Bertz CT molecular complexity index is 844. The van der Waals surface area contributed by atoms with Gasteiger partial charge in [0.05, 0.1) is 12.0 Å². The largest absolute Gasteiger partial charge is 0.497 e. The molecule has 2 aromatic carbocycles. The number of ether oxygens (including phenoxy) is 1. The summed E-state index contributed by atoms with van der Waals surface area (Å²) in [6, 6.07) is 13.4. The lowest BCUT2D eigenvalue weighted by Crippen LogP contribution is -2.30. The van der Waals surface area contributed by atoms with Gasteiger partial charge in [-0.15, -0.1) is 0 Å². The molecular formula is C19H24N2O4S. The molecule has 0 saturated heterocycles. The van der Waals surface area contributed by atoms with Gasteiger partial charge in [-0.3, -0.25) is 4.79 Å². The van der Waals surface area contributed by atoms with Crippen molar-refractivity contribution in [2.24, 2.45) is 0 Å². The van der Waals surface area contributed by atoms with Crippen LogP contribution in [0.2, 0.25) is 0 Å². The Morgan fingerprint density at radius 1 is 1.08 bits per heavy atom. The van der Waals surface area contributed by atoms with Gasteiger partial charge in [-0.1, -0.05) is 26.0 Å². The van der Waals surface area contributed by atoms with Crippen molar-refractivity contribution in [3.05, 3.63) is 59.7 Å². The van der Waals surface area contributed by atoms with Crippen molar-refractivity contribution in [1.82, 2.24) is 9.62 Å². The Morgan fingerprint density at radius 3 is 2.31 bits per heavy atom. The molecule has 2 aromatic rings. The number of nitrogens with zero attached hydrogens (tertiary/aromatic N) is 1. The molecule has 0 spiro atoms. The number of nitrogens with one attached hydrogen (secondary N) is 1. The third-order valence-corrected chi connectivity index (χ3v) is 6.11. The SMILES string of the molecule is CCN(CC)S(=O)(=O)c1ccc(C(=O)NCc2cccc(OC)c2)cc1. The fraction of sp³-hybridized carbons (Fsp3) is 0.316. The van der Waals surface area contributed by atoms with Crippen molar-refractivity contribution in [2.45, 2.75) is 25.3 Å². The van der Waals surface area contributed by atoms with E-state index < -0.39 is 10.0 Å². The van der Waals surface area contributed by atoms with Gasteiger partial charge in [0.25, 0.3) is 5.91 Å². The van der Waals surface area contributed by atoms with Crippen LogP contribution in [0.5, 0.6) is 5.75 Å². The maximum absolute atomic E-state index is 12.5. The number of sulfonamides is 1. The summed E-state index contributed by atoms with van der Waals surface area (Å²) in [5.41, 5.74) is 1.32. The molecule has 26 heavy (non-hydrogen) atoms. The fourth-order valence-corrected chi connectivity index (χ4v) is 4.02. The molecule has 0 fully saturated rings. The van der Waals surface area contributed by atoms with Crippen LogP contribution >= 0.6 is 0 Å². The number of amides is 1. The maximum atomic E-state index is 12.5. The first-order valence-corrected chi connectivity index (χ1v) is 9.87. The Labute approximate surface area is 154 Å². The first-order chi connectivity index (χ1) is 12.4. The Morgan fingerprint density at radius 2 is 1.73 bits per heavy atom. The van der Waals surface area contributed by atoms with Crippen LogP contribution in [0.25, 0.3) is 0 Å². The van der Waals surface area contributed by atoms with E-state index in [2.05, 4.69) is 5.32 Å². The smallest absolute Gasteiger partial charge is 0.251 e. The molecule has 0 unspecified atom stereocenters. The molecule has 0 aliphatic carbocycles. The third kappa shape index (κ3) is 4.62. The van der Waals surface area contributed by atoms with Gasteiger partial charge in [0.15, 0.2) is 0 Å². The van der Waals surface area contributed by atoms with Crippen LogP contribution in [0.3, 0.4) is 0 Å². The van der Waals surface area contributed by atoms with Crippen LogP contribution < -0.4 is 10.1 Å². The average molecular weight is 376 g/mol. The second-order valence-corrected chi connectivity index (χ2v) is 7.59. The minimum Gasteiger partial charge on any atom is -0.497 e. The molecule has 0 saturated carbocycles. The van der Waals surface area contributed by atoms with Gasteiger partial charge in [0.1, 0.15) is 5.75 Å². The molecule has 7 heteroatoms. The Kier molecular flexibility index (Phi) is 6.76. The molecule has 1 amide bonds. The molecule has 0 radical (unpaired) electrons. The molecule has 6 nitrogen and oxygen atoms in total. The molecule has 2 rings (SSSR count). The van der Waals surface area contributed by atoms with Gasteiger partial charge in [0.2, 0.25) is 10.0 Å². The zero-order chi connectivity index (χ0) is 19.2. The van der Waals surface area contributed by atoms with E-state index in [9.17, 15) is 13.2 Å². The van der Waals surface area contributed by atoms with E-state index in [1.165, 1.54) is 28.6 Å². The molecule has 0 aromatic heterocycles. The summed E-state index contributed by atoms with van der Waals surface area (Å²) in [7, 11) is -1.93. The van der Waals surface area contributed by atoms with Crippen molar-refractivity contribution in [3.63, 3.8) is 0 Å². The Hall–Kier alpha value is -2.38.